The summed E-state index contributed by atoms with van der Waals surface area (Å²) in [5.41, 5.74) is 1.45. The molecular formula is C15H15NO4. The number of carboxylic acid groups (broad SMARTS) is 2. The lowest BCUT2D eigenvalue weighted by Gasteiger charge is -2.13. The average molecular weight is 273 g/mol. The summed E-state index contributed by atoms with van der Waals surface area (Å²) in [7, 11) is 0. The Kier molecular flexibility index (Phi) is 3.70. The third-order valence-corrected chi connectivity index (χ3v) is 3.35. The molecule has 0 saturated heterocycles. The zero-order valence-electron chi connectivity index (χ0n) is 11.3. The molecule has 0 fully saturated rings. The Morgan fingerprint density at radius 3 is 2.30 bits per heavy atom. The second-order valence-corrected chi connectivity index (χ2v) is 4.44. The Morgan fingerprint density at radius 1 is 1.10 bits per heavy atom. The number of carbonyl (C=O) groups is 2. The number of pyridine rings is 1. The minimum absolute atomic E-state index is 0.201. The van der Waals surface area contributed by atoms with Gasteiger partial charge in [-0.3, -0.25) is 0 Å². The van der Waals surface area contributed by atoms with Gasteiger partial charge in [0.25, 0.3) is 0 Å². The van der Waals surface area contributed by atoms with Gasteiger partial charge in [0.15, 0.2) is 5.69 Å². The van der Waals surface area contributed by atoms with E-state index in [2.05, 4.69) is 4.98 Å². The van der Waals surface area contributed by atoms with Crippen LogP contribution in [0, 0.1) is 0 Å². The Hall–Kier alpha value is -2.43. The molecular weight excluding hydrogens is 258 g/mol. The van der Waals surface area contributed by atoms with Crippen molar-refractivity contribution in [1.82, 2.24) is 4.98 Å². The molecule has 1 aromatic heterocycles. The van der Waals surface area contributed by atoms with Crippen LogP contribution in [0.3, 0.4) is 0 Å². The Morgan fingerprint density at radius 2 is 1.80 bits per heavy atom. The van der Waals surface area contributed by atoms with Crippen molar-refractivity contribution in [3.8, 4) is 0 Å². The predicted octanol–water partition coefficient (Wildman–Crippen LogP) is 2.76. The van der Waals surface area contributed by atoms with Crippen LogP contribution in [0.4, 0.5) is 0 Å². The first-order valence-electron chi connectivity index (χ1n) is 6.42. The maximum absolute atomic E-state index is 11.4. The van der Waals surface area contributed by atoms with Crippen LogP contribution in [0.15, 0.2) is 18.2 Å². The highest BCUT2D eigenvalue weighted by Gasteiger charge is 2.24. The molecule has 2 N–H and O–H groups in total. The number of aromatic carboxylic acids is 2. The topological polar surface area (TPSA) is 87.5 Å². The lowest BCUT2D eigenvalue weighted by molar-refractivity contribution is 0.0646. The van der Waals surface area contributed by atoms with E-state index in [1.807, 2.05) is 19.9 Å². The van der Waals surface area contributed by atoms with E-state index in [4.69, 9.17) is 0 Å². The van der Waals surface area contributed by atoms with Gasteiger partial charge in [0.2, 0.25) is 0 Å². The molecule has 0 aliphatic carbocycles. The van der Waals surface area contributed by atoms with Gasteiger partial charge in [0, 0.05) is 5.39 Å². The van der Waals surface area contributed by atoms with E-state index in [-0.39, 0.29) is 5.56 Å². The minimum atomic E-state index is -1.32. The number of aryl methyl sites for hydroxylation is 2. The van der Waals surface area contributed by atoms with Gasteiger partial charge in [0.05, 0.1) is 11.1 Å². The maximum atomic E-state index is 11.4. The molecule has 2 rings (SSSR count). The Labute approximate surface area is 115 Å². The molecule has 5 heteroatoms. The third-order valence-electron chi connectivity index (χ3n) is 3.35. The molecule has 0 atom stereocenters. The van der Waals surface area contributed by atoms with Crippen LogP contribution in [0.2, 0.25) is 0 Å². The number of rotatable bonds is 4. The summed E-state index contributed by atoms with van der Waals surface area (Å²) >= 11 is 0. The summed E-state index contributed by atoms with van der Waals surface area (Å²) in [5, 5.41) is 19.3. The van der Waals surface area contributed by atoms with Crippen molar-refractivity contribution in [2.24, 2.45) is 0 Å². The normalized spacial score (nSPS) is 10.7. The van der Waals surface area contributed by atoms with Crippen LogP contribution < -0.4 is 0 Å². The SMILES string of the molecule is CCc1cccc2nc(C(=O)O)c(C(=O)O)c(CC)c12. The fourth-order valence-corrected chi connectivity index (χ4v) is 2.51. The zero-order valence-corrected chi connectivity index (χ0v) is 11.3. The second-order valence-electron chi connectivity index (χ2n) is 4.44. The van der Waals surface area contributed by atoms with Gasteiger partial charge < -0.3 is 10.2 Å². The van der Waals surface area contributed by atoms with Crippen LogP contribution in [-0.2, 0) is 12.8 Å². The molecule has 0 radical (unpaired) electrons. The van der Waals surface area contributed by atoms with Gasteiger partial charge in [-0.15, -0.1) is 0 Å². The van der Waals surface area contributed by atoms with Crippen molar-refractivity contribution in [2.45, 2.75) is 26.7 Å². The van der Waals surface area contributed by atoms with Crippen LogP contribution in [0.1, 0.15) is 45.8 Å². The fourth-order valence-electron chi connectivity index (χ4n) is 2.51. The molecule has 20 heavy (non-hydrogen) atoms. The summed E-state index contributed by atoms with van der Waals surface area (Å²) in [6.07, 6.45) is 1.18. The monoisotopic (exact) mass is 273 g/mol. The molecule has 0 spiro atoms. The molecule has 2 aromatic rings. The standard InChI is InChI=1S/C15H15NO4/c1-3-8-6-5-7-10-11(8)9(4-2)12(14(17)18)13(16-10)15(19)20/h5-7H,3-4H2,1-2H3,(H,17,18)(H,19,20). The van der Waals surface area contributed by atoms with Gasteiger partial charge in [-0.05, 0) is 30.0 Å². The van der Waals surface area contributed by atoms with E-state index in [1.54, 1.807) is 12.1 Å². The molecule has 1 aromatic carbocycles. The van der Waals surface area contributed by atoms with Crippen LogP contribution in [0.5, 0.6) is 0 Å². The highest BCUT2D eigenvalue weighted by molar-refractivity contribution is 6.06. The predicted molar refractivity (Wildman–Crippen MR) is 74.4 cm³/mol. The van der Waals surface area contributed by atoms with Crippen LogP contribution in [-0.4, -0.2) is 27.1 Å². The van der Waals surface area contributed by atoms with E-state index < -0.39 is 17.6 Å². The van der Waals surface area contributed by atoms with Crippen molar-refractivity contribution in [3.05, 3.63) is 40.6 Å². The first-order chi connectivity index (χ1) is 9.51. The average Bonchev–Trinajstić information content (AvgIpc) is 2.43. The van der Waals surface area contributed by atoms with Crippen molar-refractivity contribution >= 4 is 22.8 Å². The quantitative estimate of drug-likeness (QED) is 0.894. The van der Waals surface area contributed by atoms with Crippen LogP contribution in [0.25, 0.3) is 10.9 Å². The minimum Gasteiger partial charge on any atom is -0.478 e. The lowest BCUT2D eigenvalue weighted by Crippen LogP contribution is -2.15. The summed E-state index contributed by atoms with van der Waals surface area (Å²) < 4.78 is 0. The van der Waals surface area contributed by atoms with E-state index in [1.165, 1.54) is 0 Å². The van der Waals surface area contributed by atoms with E-state index >= 15 is 0 Å². The molecule has 0 bridgehead atoms. The van der Waals surface area contributed by atoms with Gasteiger partial charge in [0.1, 0.15) is 0 Å². The van der Waals surface area contributed by atoms with Crippen molar-refractivity contribution < 1.29 is 19.8 Å². The number of benzene rings is 1. The van der Waals surface area contributed by atoms with Crippen molar-refractivity contribution in [2.75, 3.05) is 0 Å². The summed E-state index contributed by atoms with van der Waals surface area (Å²) in [4.78, 5) is 26.7. The molecule has 0 saturated carbocycles. The maximum Gasteiger partial charge on any atom is 0.355 e. The van der Waals surface area contributed by atoms with E-state index in [0.29, 0.717) is 17.5 Å². The summed E-state index contributed by atoms with van der Waals surface area (Å²) in [5.74, 6) is -2.57. The van der Waals surface area contributed by atoms with Gasteiger partial charge in [-0.1, -0.05) is 26.0 Å². The Bertz CT molecular complexity index is 707. The number of hydrogen-bond acceptors (Lipinski definition) is 3. The number of aromatic nitrogens is 1. The first kappa shape index (κ1) is 14.0. The Balaban J connectivity index is 3.02. The van der Waals surface area contributed by atoms with Crippen LogP contribution >= 0.6 is 0 Å². The third kappa shape index (κ3) is 2.11. The largest absolute Gasteiger partial charge is 0.478 e. The van der Waals surface area contributed by atoms with Gasteiger partial charge >= 0.3 is 11.9 Å². The fraction of sp³-hybridized carbons (Fsp3) is 0.267. The van der Waals surface area contributed by atoms with Gasteiger partial charge in [-0.25, -0.2) is 14.6 Å². The van der Waals surface area contributed by atoms with Crippen molar-refractivity contribution in [1.29, 1.82) is 0 Å². The summed E-state index contributed by atoms with van der Waals surface area (Å²) in [6.45, 7) is 3.79. The lowest BCUT2D eigenvalue weighted by atomic mass is 9.94. The molecule has 0 aliphatic rings. The molecule has 0 amide bonds. The highest BCUT2D eigenvalue weighted by atomic mass is 16.4. The first-order valence-corrected chi connectivity index (χ1v) is 6.42. The van der Waals surface area contributed by atoms with Gasteiger partial charge in [-0.2, -0.15) is 0 Å². The smallest absolute Gasteiger partial charge is 0.355 e. The summed E-state index contributed by atoms with van der Waals surface area (Å²) in [6, 6.07) is 5.43. The number of hydrogen-bond donors (Lipinski definition) is 2. The van der Waals surface area contributed by atoms with E-state index in [0.717, 1.165) is 17.4 Å². The number of fused-ring (bicyclic) bond motifs is 1. The second kappa shape index (κ2) is 5.28. The number of carboxylic acids is 2. The molecule has 0 aliphatic heterocycles. The highest BCUT2D eigenvalue weighted by Crippen LogP contribution is 2.28. The molecule has 104 valence electrons. The zero-order chi connectivity index (χ0) is 14.9. The molecule has 1 heterocycles. The van der Waals surface area contributed by atoms with Crippen molar-refractivity contribution in [3.63, 3.8) is 0 Å². The molecule has 0 unspecified atom stereocenters. The van der Waals surface area contributed by atoms with E-state index in [9.17, 15) is 19.8 Å². The molecule has 5 nitrogen and oxygen atoms in total. The number of nitrogens with zero attached hydrogens (tertiary/aromatic N) is 1.